The fourth-order valence-electron chi connectivity index (χ4n) is 1.95. The molecule has 11 heteroatoms. The van der Waals surface area contributed by atoms with Crippen LogP contribution in [-0.2, 0) is 9.53 Å². The number of carbonyl (C=O) groups is 2. The number of alkyl halides is 3. The van der Waals surface area contributed by atoms with Gasteiger partial charge in [-0.2, -0.15) is 13.2 Å². The summed E-state index contributed by atoms with van der Waals surface area (Å²) in [6.07, 6.45) is -3.23. The van der Waals surface area contributed by atoms with Gasteiger partial charge in [0.05, 0.1) is 25.1 Å². The number of nitrogens with one attached hydrogen (secondary N) is 1. The first-order valence-corrected chi connectivity index (χ1v) is 6.54. The largest absolute Gasteiger partial charge is 0.476 e. The lowest BCUT2D eigenvalue weighted by atomic mass is 10.2. The number of ether oxygens (including phenoxy) is 1. The Morgan fingerprint density at radius 3 is 2.70 bits per heavy atom. The molecule has 1 atom stereocenters. The molecule has 0 aromatic carbocycles. The summed E-state index contributed by atoms with van der Waals surface area (Å²) < 4.78 is 41.6. The first-order valence-electron chi connectivity index (χ1n) is 6.54. The van der Waals surface area contributed by atoms with Crippen LogP contribution in [0.15, 0.2) is 12.4 Å². The second kappa shape index (κ2) is 6.77. The lowest BCUT2D eigenvalue weighted by molar-refractivity contribution is -0.174. The first kappa shape index (κ1) is 16.9. The van der Waals surface area contributed by atoms with Gasteiger partial charge in [0.25, 0.3) is 0 Å². The Morgan fingerprint density at radius 1 is 1.39 bits per heavy atom. The summed E-state index contributed by atoms with van der Waals surface area (Å²) in [4.78, 5) is 30.8. The van der Waals surface area contributed by atoms with Gasteiger partial charge < -0.3 is 20.1 Å². The maximum absolute atomic E-state index is 12.1. The van der Waals surface area contributed by atoms with Crippen molar-refractivity contribution in [3.8, 4) is 0 Å². The van der Waals surface area contributed by atoms with Crippen LogP contribution in [0.25, 0.3) is 0 Å². The first-order chi connectivity index (χ1) is 10.8. The molecule has 2 N–H and O–H groups in total. The van der Waals surface area contributed by atoms with Crippen molar-refractivity contribution in [1.82, 2.24) is 15.3 Å². The Labute approximate surface area is 128 Å². The number of halogens is 3. The third kappa shape index (κ3) is 4.52. The highest BCUT2D eigenvalue weighted by molar-refractivity contribution is 5.85. The van der Waals surface area contributed by atoms with Crippen LogP contribution in [-0.4, -0.2) is 65.5 Å². The minimum atomic E-state index is -4.94. The van der Waals surface area contributed by atoms with Gasteiger partial charge in [-0.15, -0.1) is 0 Å². The zero-order valence-electron chi connectivity index (χ0n) is 11.7. The van der Waals surface area contributed by atoms with Gasteiger partial charge in [0, 0.05) is 19.6 Å². The van der Waals surface area contributed by atoms with Gasteiger partial charge in [-0.25, -0.2) is 14.8 Å². The van der Waals surface area contributed by atoms with E-state index in [2.05, 4.69) is 9.97 Å². The number of morpholine rings is 1. The standard InChI is InChI=1S/C12H13F3N4O4/c13-12(14,15)11(22)18-3-7-6-19(1-2-23-7)9-5-16-8(4-17-9)10(20)21/h4-5,7H,1-3,6H2,(H,18,22)(H,20,21). The van der Waals surface area contributed by atoms with Gasteiger partial charge in [-0.1, -0.05) is 0 Å². The topological polar surface area (TPSA) is 105 Å². The molecule has 1 aromatic heterocycles. The average molecular weight is 334 g/mol. The molecule has 1 saturated heterocycles. The van der Waals surface area contributed by atoms with Crippen LogP contribution in [0.2, 0.25) is 0 Å². The zero-order chi connectivity index (χ0) is 17.0. The fraction of sp³-hybridized carbons (Fsp3) is 0.500. The van der Waals surface area contributed by atoms with E-state index in [1.54, 1.807) is 10.2 Å². The molecular weight excluding hydrogens is 321 g/mol. The van der Waals surface area contributed by atoms with Crippen molar-refractivity contribution in [1.29, 1.82) is 0 Å². The second-order valence-corrected chi connectivity index (χ2v) is 4.71. The lowest BCUT2D eigenvalue weighted by Crippen LogP contribution is -2.49. The van der Waals surface area contributed by atoms with Crippen LogP contribution in [0.5, 0.6) is 0 Å². The number of carboxylic acid groups (broad SMARTS) is 1. The third-order valence-corrected chi connectivity index (χ3v) is 3.07. The Morgan fingerprint density at radius 2 is 2.13 bits per heavy atom. The Hall–Kier alpha value is -2.43. The predicted octanol–water partition coefficient (Wildman–Crippen LogP) is 0.0585. The van der Waals surface area contributed by atoms with E-state index in [0.717, 1.165) is 6.20 Å². The molecule has 1 aliphatic rings. The van der Waals surface area contributed by atoms with E-state index in [-0.39, 0.29) is 25.4 Å². The smallest absolute Gasteiger partial charge is 0.471 e. The Bertz CT molecular complexity index is 579. The van der Waals surface area contributed by atoms with Crippen LogP contribution < -0.4 is 10.2 Å². The SMILES string of the molecule is O=C(O)c1cnc(N2CCOC(CNC(=O)C(F)(F)F)C2)cn1. The number of aromatic carboxylic acids is 1. The number of anilines is 1. The summed E-state index contributed by atoms with van der Waals surface area (Å²) >= 11 is 0. The molecule has 1 aromatic rings. The van der Waals surface area contributed by atoms with E-state index in [4.69, 9.17) is 9.84 Å². The molecule has 0 bridgehead atoms. The molecule has 8 nitrogen and oxygen atoms in total. The van der Waals surface area contributed by atoms with Crippen molar-refractivity contribution in [3.63, 3.8) is 0 Å². The molecule has 0 spiro atoms. The van der Waals surface area contributed by atoms with Gasteiger partial charge in [0.15, 0.2) is 5.69 Å². The number of rotatable bonds is 4. The molecule has 0 saturated carbocycles. The molecule has 126 valence electrons. The number of hydrogen-bond donors (Lipinski definition) is 2. The maximum Gasteiger partial charge on any atom is 0.471 e. The average Bonchev–Trinajstić information content (AvgIpc) is 2.52. The van der Waals surface area contributed by atoms with E-state index in [0.29, 0.717) is 12.4 Å². The summed E-state index contributed by atoms with van der Waals surface area (Å²) in [6, 6.07) is 0. The number of nitrogens with zero attached hydrogens (tertiary/aromatic N) is 3. The number of carbonyl (C=O) groups excluding carboxylic acids is 1. The molecular formula is C12H13F3N4O4. The van der Waals surface area contributed by atoms with Gasteiger partial charge in [-0.3, -0.25) is 4.79 Å². The quantitative estimate of drug-likeness (QED) is 0.802. The molecule has 0 radical (unpaired) electrons. The summed E-state index contributed by atoms with van der Waals surface area (Å²) in [5.74, 6) is -2.85. The van der Waals surface area contributed by atoms with Crippen molar-refractivity contribution < 1.29 is 32.6 Å². The van der Waals surface area contributed by atoms with E-state index in [1.165, 1.54) is 6.20 Å². The van der Waals surface area contributed by atoms with Crippen LogP contribution in [0, 0.1) is 0 Å². The molecule has 1 aliphatic heterocycles. The number of amides is 1. The molecule has 2 heterocycles. The minimum Gasteiger partial charge on any atom is -0.476 e. The highest BCUT2D eigenvalue weighted by atomic mass is 19.4. The van der Waals surface area contributed by atoms with E-state index >= 15 is 0 Å². The Kier molecular flexibility index (Phi) is 4.98. The van der Waals surface area contributed by atoms with Gasteiger partial charge >= 0.3 is 18.1 Å². The molecule has 1 fully saturated rings. The normalized spacial score (nSPS) is 18.6. The number of hydrogen-bond acceptors (Lipinski definition) is 6. The number of aromatic nitrogens is 2. The van der Waals surface area contributed by atoms with Crippen LogP contribution >= 0.6 is 0 Å². The molecule has 1 amide bonds. The highest BCUT2D eigenvalue weighted by Crippen LogP contribution is 2.16. The molecule has 2 rings (SSSR count). The molecule has 0 aliphatic carbocycles. The van der Waals surface area contributed by atoms with Crippen molar-refractivity contribution in [3.05, 3.63) is 18.1 Å². The van der Waals surface area contributed by atoms with Crippen molar-refractivity contribution in [2.75, 3.05) is 31.1 Å². The second-order valence-electron chi connectivity index (χ2n) is 4.71. The van der Waals surface area contributed by atoms with Crippen LogP contribution in [0.3, 0.4) is 0 Å². The van der Waals surface area contributed by atoms with Crippen molar-refractivity contribution in [2.24, 2.45) is 0 Å². The summed E-state index contributed by atoms with van der Waals surface area (Å²) in [5.41, 5.74) is -0.212. The molecule has 23 heavy (non-hydrogen) atoms. The van der Waals surface area contributed by atoms with Crippen LogP contribution in [0.1, 0.15) is 10.5 Å². The van der Waals surface area contributed by atoms with Crippen molar-refractivity contribution >= 4 is 17.7 Å². The summed E-state index contributed by atoms with van der Waals surface area (Å²) in [5, 5.41) is 10.5. The van der Waals surface area contributed by atoms with Gasteiger partial charge in [-0.05, 0) is 0 Å². The summed E-state index contributed by atoms with van der Waals surface area (Å²) in [6.45, 7) is 0.550. The predicted molar refractivity (Wildman–Crippen MR) is 70.0 cm³/mol. The fourth-order valence-corrected chi connectivity index (χ4v) is 1.95. The van der Waals surface area contributed by atoms with E-state index in [1.807, 2.05) is 0 Å². The van der Waals surface area contributed by atoms with Crippen LogP contribution in [0.4, 0.5) is 19.0 Å². The zero-order valence-corrected chi connectivity index (χ0v) is 11.7. The maximum atomic E-state index is 12.1. The highest BCUT2D eigenvalue weighted by Gasteiger charge is 2.39. The van der Waals surface area contributed by atoms with Gasteiger partial charge in [0.1, 0.15) is 5.82 Å². The third-order valence-electron chi connectivity index (χ3n) is 3.07. The lowest BCUT2D eigenvalue weighted by Gasteiger charge is -2.33. The Balaban J connectivity index is 1.93. The number of carboxylic acids is 1. The minimum absolute atomic E-state index is 0.194. The molecule has 1 unspecified atom stereocenters. The van der Waals surface area contributed by atoms with E-state index < -0.39 is 24.2 Å². The monoisotopic (exact) mass is 334 g/mol. The summed E-state index contributed by atoms with van der Waals surface area (Å²) in [7, 11) is 0. The van der Waals surface area contributed by atoms with Gasteiger partial charge in [0.2, 0.25) is 0 Å². The van der Waals surface area contributed by atoms with E-state index in [9.17, 15) is 22.8 Å². The van der Waals surface area contributed by atoms with Crippen molar-refractivity contribution in [2.45, 2.75) is 12.3 Å².